The Morgan fingerprint density at radius 2 is 0.841 bits per heavy atom. The Morgan fingerprint density at radius 1 is 0.580 bits per heavy atom. The molecular formula is C64H125NY4-6. The molecule has 69 heavy (non-hydrogen) atoms. The van der Waals surface area contributed by atoms with Crippen LogP contribution in [0.2, 0.25) is 0 Å². The molecule has 4 rings (SSSR count). The second kappa shape index (κ2) is 98.7. The van der Waals surface area contributed by atoms with Crippen LogP contribution in [-0.2, 0) is 131 Å². The van der Waals surface area contributed by atoms with Crippen LogP contribution < -0.4 is 4.90 Å². The van der Waals surface area contributed by atoms with Crippen molar-refractivity contribution in [3.8, 4) is 0 Å². The van der Waals surface area contributed by atoms with Gasteiger partial charge in [-0.1, -0.05) is 259 Å². The number of hydrogen-bond donors (Lipinski definition) is 0. The van der Waals surface area contributed by atoms with Gasteiger partial charge >= 0.3 is 0 Å². The van der Waals surface area contributed by atoms with Gasteiger partial charge < -0.3 is 45.8 Å². The molecule has 0 N–H and O–H groups in total. The third-order valence-electron chi connectivity index (χ3n) is 5.85. The Labute approximate surface area is 544 Å². The van der Waals surface area contributed by atoms with E-state index in [2.05, 4.69) is 235 Å². The number of likely N-dealkylation sites (N-methyl/N-ethyl adjacent to an activating group) is 1. The molecule has 1 heterocycles. The molecule has 0 spiro atoms. The zero-order chi connectivity index (χ0) is 51.5. The topological polar surface area (TPSA) is 3.24 Å². The van der Waals surface area contributed by atoms with Gasteiger partial charge in [-0.2, -0.15) is 55.2 Å². The first-order valence-corrected chi connectivity index (χ1v) is 25.6. The normalized spacial score (nSPS) is 11.1. The minimum atomic E-state index is 0. The molecule has 0 unspecified atom stereocenters. The third-order valence-corrected chi connectivity index (χ3v) is 5.85. The van der Waals surface area contributed by atoms with Crippen molar-refractivity contribution in [2.24, 2.45) is 11.3 Å². The fourth-order valence-corrected chi connectivity index (χ4v) is 3.60. The molecule has 0 fully saturated rings. The number of benzene rings is 3. The van der Waals surface area contributed by atoms with Gasteiger partial charge in [0.25, 0.3) is 0 Å². The first-order chi connectivity index (χ1) is 29.6. The molecule has 1 aliphatic heterocycles. The van der Waals surface area contributed by atoms with E-state index >= 15 is 0 Å². The SMILES string of the molecule is CC(C)(C)C.CC(C)C.CCC.CCC.CCC.CCC.CCC.CCC.CCC.CCN1c2ccccc2[C@H](C)[C@@H]1C.C[CH-][C@@H](C)c1[c-]cccc1.[CH-]=CC[CH2-].[CH3-].[CH3-].[Y].[Y].[Y].[Y].c1ccccc1. The summed E-state index contributed by atoms with van der Waals surface area (Å²) in [4.78, 5) is 2.49. The molecule has 3 aromatic rings. The van der Waals surface area contributed by atoms with Crippen LogP contribution in [0, 0.1) is 52.2 Å². The van der Waals surface area contributed by atoms with E-state index in [1.165, 1.54) is 67.8 Å². The third kappa shape index (κ3) is 119. The molecular weight excluding hydrogens is 1140 g/mol. The average Bonchev–Trinajstić information content (AvgIpc) is 3.48. The van der Waals surface area contributed by atoms with Crippen molar-refractivity contribution in [2.75, 3.05) is 11.4 Å². The van der Waals surface area contributed by atoms with Crippen molar-refractivity contribution in [3.05, 3.63) is 143 Å². The van der Waals surface area contributed by atoms with Gasteiger partial charge in [0.2, 0.25) is 0 Å². The maximum atomic E-state index is 4.84. The molecule has 3 aromatic carbocycles. The zero-order valence-electron chi connectivity index (χ0n) is 52.5. The van der Waals surface area contributed by atoms with Gasteiger partial charge in [0.05, 0.1) is 0 Å². The summed E-state index contributed by atoms with van der Waals surface area (Å²) >= 11 is 0. The maximum absolute atomic E-state index is 4.84. The zero-order valence-corrected chi connectivity index (χ0v) is 63.8. The van der Waals surface area contributed by atoms with E-state index in [0.717, 1.165) is 18.9 Å². The first kappa shape index (κ1) is 111. The van der Waals surface area contributed by atoms with E-state index in [-0.39, 0.29) is 146 Å². The standard InChI is InChI=1S/C12H17N.C10H12.C6H6.C5H12.C4H10.C4H6.7C3H8.2CH3.4Y/c1-4-13-10(3)9(2)11-7-5-6-8-12(11)13;1-3-9(2)10-7-5-4-6-8-10;1-2-4-6-5-3-1;1-5(2,3)4;1-4(2)3;1-3-4-2;7*1-3-2;;;;;;/h5-10H,4H2,1-3H3;3-7,9H,1-2H3;1-6H;1-4H3;4H,1-3H3;1,3H,2,4H2;7*3H2,1-2H3;2*1H3;;;;/q;-2;;;;-2;;;;;;;;2*-1;;;;/t9-,10+;9-;;;;;;;;;;;;;;;;;/m11................./s1. The molecule has 1 nitrogen and oxygen atoms in total. The molecule has 1 aliphatic rings. The molecule has 404 valence electrons. The van der Waals surface area contributed by atoms with Crippen molar-refractivity contribution in [1.29, 1.82) is 0 Å². The Balaban J connectivity index is -0.0000000366. The van der Waals surface area contributed by atoms with Crippen LogP contribution in [-0.4, -0.2) is 12.6 Å². The van der Waals surface area contributed by atoms with Crippen molar-refractivity contribution in [3.63, 3.8) is 0 Å². The van der Waals surface area contributed by atoms with E-state index in [1.807, 2.05) is 54.6 Å². The fourth-order valence-electron chi connectivity index (χ4n) is 3.60. The average molecular weight is 1260 g/mol. The molecule has 0 aliphatic carbocycles. The molecule has 0 saturated heterocycles. The molecule has 0 bridgehead atoms. The van der Waals surface area contributed by atoms with Crippen molar-refractivity contribution in [2.45, 2.75) is 249 Å². The number of rotatable bonds is 4. The minimum Gasteiger partial charge on any atom is -0.520 e. The van der Waals surface area contributed by atoms with Crippen LogP contribution in [0.15, 0.2) is 91.0 Å². The van der Waals surface area contributed by atoms with Crippen LogP contribution in [0.3, 0.4) is 0 Å². The maximum Gasteiger partial charge on any atom is 0.0404 e. The van der Waals surface area contributed by atoms with E-state index < -0.39 is 0 Å². The number of para-hydroxylation sites is 1. The van der Waals surface area contributed by atoms with E-state index in [4.69, 9.17) is 6.58 Å². The van der Waals surface area contributed by atoms with Crippen LogP contribution in [0.5, 0.6) is 0 Å². The van der Waals surface area contributed by atoms with Crippen LogP contribution in [0.25, 0.3) is 0 Å². The van der Waals surface area contributed by atoms with E-state index in [1.54, 1.807) is 0 Å². The monoisotopic (exact) mass is 1260 g/mol. The molecule has 5 heteroatoms. The predicted molar refractivity (Wildman–Crippen MR) is 317 cm³/mol. The van der Waals surface area contributed by atoms with Crippen LogP contribution >= 0.6 is 0 Å². The minimum absolute atomic E-state index is 0. The summed E-state index contributed by atoms with van der Waals surface area (Å²) < 4.78 is 0. The summed E-state index contributed by atoms with van der Waals surface area (Å²) in [6.07, 6.45) is 13.2. The number of allylic oxidation sites excluding steroid dienone is 1. The summed E-state index contributed by atoms with van der Waals surface area (Å²) in [6, 6.07) is 32.7. The summed E-state index contributed by atoms with van der Waals surface area (Å²) in [5.41, 5.74) is 4.71. The molecule has 3 atom stereocenters. The second-order valence-electron chi connectivity index (χ2n) is 17.7. The summed E-state index contributed by atoms with van der Waals surface area (Å²) in [6.45, 7) is 65.5. The molecule has 0 amide bonds. The largest absolute Gasteiger partial charge is 0.520 e. The number of nitrogens with zero attached hydrogens (tertiary/aromatic N) is 1. The van der Waals surface area contributed by atoms with Gasteiger partial charge in [0.15, 0.2) is 0 Å². The summed E-state index contributed by atoms with van der Waals surface area (Å²) in [5.74, 6) is 2.04. The van der Waals surface area contributed by atoms with E-state index in [0.29, 0.717) is 23.3 Å². The van der Waals surface area contributed by atoms with Gasteiger partial charge in [-0.05, 0) is 36.8 Å². The van der Waals surface area contributed by atoms with Crippen molar-refractivity contribution < 1.29 is 131 Å². The molecule has 0 aromatic heterocycles. The Hall–Kier alpha value is 1.62. The van der Waals surface area contributed by atoms with Gasteiger partial charge in [0, 0.05) is 155 Å². The van der Waals surface area contributed by atoms with E-state index in [9.17, 15) is 0 Å². The van der Waals surface area contributed by atoms with Gasteiger partial charge in [-0.15, -0.1) is 0 Å². The fraction of sp³-hybridized carbons (Fsp3) is 0.625. The Bertz CT molecular complexity index is 1060. The van der Waals surface area contributed by atoms with Gasteiger partial charge in [-0.25, -0.2) is 0 Å². The van der Waals surface area contributed by atoms with Gasteiger partial charge in [0.1, 0.15) is 0 Å². The van der Waals surface area contributed by atoms with Crippen LogP contribution in [0.4, 0.5) is 5.69 Å². The number of hydrogen-bond acceptors (Lipinski definition) is 1. The van der Waals surface area contributed by atoms with Crippen LogP contribution in [0.1, 0.15) is 254 Å². The van der Waals surface area contributed by atoms with Gasteiger partial charge in [-0.3, -0.25) is 0 Å². The smallest absolute Gasteiger partial charge is 0.0404 e. The molecule has 4 radical (unpaired) electrons. The number of fused-ring (bicyclic) bond motifs is 1. The Morgan fingerprint density at radius 3 is 1.06 bits per heavy atom. The Kier molecular flexibility index (Phi) is 158. The second-order valence-corrected chi connectivity index (χ2v) is 17.7. The van der Waals surface area contributed by atoms with Crippen molar-refractivity contribution in [1.82, 2.24) is 0 Å². The van der Waals surface area contributed by atoms with Crippen molar-refractivity contribution >= 4 is 5.69 Å². The summed E-state index contributed by atoms with van der Waals surface area (Å²) in [7, 11) is 0. The number of anilines is 1. The quantitative estimate of drug-likeness (QED) is 0.235. The first-order valence-electron chi connectivity index (χ1n) is 25.6. The summed E-state index contributed by atoms with van der Waals surface area (Å²) in [5, 5.41) is 0. The predicted octanol–water partition coefficient (Wildman–Crippen LogP) is 23.2. The molecule has 0 saturated carbocycles.